The van der Waals surface area contributed by atoms with Gasteiger partial charge in [-0.15, -0.1) is 0 Å². The van der Waals surface area contributed by atoms with Crippen molar-refractivity contribution in [2.24, 2.45) is 5.92 Å². The van der Waals surface area contributed by atoms with Crippen molar-refractivity contribution in [2.45, 2.75) is 44.6 Å². The summed E-state index contributed by atoms with van der Waals surface area (Å²) in [4.78, 5) is 16.0. The van der Waals surface area contributed by atoms with E-state index < -0.39 is 0 Å². The number of nitrogens with one attached hydrogen (secondary N) is 2. The van der Waals surface area contributed by atoms with Gasteiger partial charge in [-0.2, -0.15) is 0 Å². The van der Waals surface area contributed by atoms with Crippen molar-refractivity contribution in [1.29, 1.82) is 0 Å². The highest BCUT2D eigenvalue weighted by molar-refractivity contribution is 5.90. The Balaban J connectivity index is 1.50. The van der Waals surface area contributed by atoms with Gasteiger partial charge in [0.15, 0.2) is 0 Å². The van der Waals surface area contributed by atoms with Crippen molar-refractivity contribution in [3.63, 3.8) is 0 Å². The van der Waals surface area contributed by atoms with Gasteiger partial charge in [-0.25, -0.2) is 4.98 Å². The molecule has 2 fully saturated rings. The van der Waals surface area contributed by atoms with Crippen LogP contribution in [0.3, 0.4) is 0 Å². The predicted octanol–water partition coefficient (Wildman–Crippen LogP) is 2.78. The molecule has 0 spiro atoms. The van der Waals surface area contributed by atoms with Gasteiger partial charge in [0, 0.05) is 12.5 Å². The Labute approximate surface area is 107 Å². The van der Waals surface area contributed by atoms with Gasteiger partial charge < -0.3 is 10.6 Å². The molecule has 18 heavy (non-hydrogen) atoms. The van der Waals surface area contributed by atoms with Crippen LogP contribution in [0.1, 0.15) is 38.5 Å². The molecule has 0 unspecified atom stereocenters. The van der Waals surface area contributed by atoms with Crippen LogP contribution in [-0.2, 0) is 4.79 Å². The monoisotopic (exact) mass is 245 g/mol. The summed E-state index contributed by atoms with van der Waals surface area (Å²) >= 11 is 0. The zero-order valence-electron chi connectivity index (χ0n) is 10.5. The van der Waals surface area contributed by atoms with Crippen molar-refractivity contribution in [2.75, 3.05) is 10.6 Å². The molecule has 96 valence electrons. The summed E-state index contributed by atoms with van der Waals surface area (Å²) in [6.07, 6.45) is 8.54. The summed E-state index contributed by atoms with van der Waals surface area (Å²) < 4.78 is 0. The minimum atomic E-state index is 0.115. The maximum atomic E-state index is 11.7. The molecule has 3 rings (SSSR count). The average Bonchev–Trinajstić information content (AvgIpc) is 3.10. The number of pyridine rings is 1. The largest absolute Gasteiger partial charge is 0.367 e. The molecule has 1 aromatic heterocycles. The highest BCUT2D eigenvalue weighted by Gasteiger charge is 2.22. The molecule has 0 aliphatic heterocycles. The van der Waals surface area contributed by atoms with E-state index in [1.165, 1.54) is 32.1 Å². The van der Waals surface area contributed by atoms with Crippen LogP contribution < -0.4 is 10.6 Å². The fraction of sp³-hybridized carbons (Fsp3) is 0.571. The number of anilines is 2. The van der Waals surface area contributed by atoms with Crippen molar-refractivity contribution in [3.05, 3.63) is 18.3 Å². The smallest absolute Gasteiger partial charge is 0.224 e. The summed E-state index contributed by atoms with van der Waals surface area (Å²) in [6, 6.07) is 4.45. The molecule has 1 heterocycles. The lowest BCUT2D eigenvalue weighted by molar-refractivity contribution is -0.117. The fourth-order valence-electron chi connectivity index (χ4n) is 2.16. The van der Waals surface area contributed by atoms with E-state index in [9.17, 15) is 4.79 Å². The summed E-state index contributed by atoms with van der Waals surface area (Å²) in [5.74, 6) is 1.62. The molecule has 0 aromatic carbocycles. The second-order valence-corrected chi connectivity index (χ2v) is 5.40. The van der Waals surface area contributed by atoms with Crippen molar-refractivity contribution in [1.82, 2.24) is 4.98 Å². The molecule has 2 aliphatic carbocycles. The van der Waals surface area contributed by atoms with Crippen molar-refractivity contribution < 1.29 is 4.79 Å². The Morgan fingerprint density at radius 3 is 2.67 bits per heavy atom. The van der Waals surface area contributed by atoms with Crippen LogP contribution >= 0.6 is 0 Å². The molecule has 0 atom stereocenters. The second kappa shape index (κ2) is 4.96. The van der Waals surface area contributed by atoms with E-state index in [4.69, 9.17) is 0 Å². The molecular formula is C14H19N3O. The lowest BCUT2D eigenvalue weighted by Crippen LogP contribution is -2.20. The van der Waals surface area contributed by atoms with Gasteiger partial charge in [0.05, 0.1) is 11.9 Å². The van der Waals surface area contributed by atoms with E-state index in [0.29, 0.717) is 18.4 Å². The van der Waals surface area contributed by atoms with Crippen molar-refractivity contribution >= 4 is 17.4 Å². The second-order valence-electron chi connectivity index (χ2n) is 5.40. The number of aromatic nitrogens is 1. The van der Waals surface area contributed by atoms with Crippen LogP contribution in [0, 0.1) is 5.92 Å². The Morgan fingerprint density at radius 1 is 1.28 bits per heavy atom. The summed E-state index contributed by atoms with van der Waals surface area (Å²) in [6.45, 7) is 0. The van der Waals surface area contributed by atoms with E-state index in [2.05, 4.69) is 15.6 Å². The number of carbonyl (C=O) groups excluding carboxylic acids is 1. The SMILES string of the molecule is O=C(CC1CCC1)Nc1ccc(NC2CC2)nc1. The molecule has 4 nitrogen and oxygen atoms in total. The van der Waals surface area contributed by atoms with Crippen LogP contribution in [0.25, 0.3) is 0 Å². The minimum Gasteiger partial charge on any atom is -0.367 e. The Bertz CT molecular complexity index is 421. The minimum absolute atomic E-state index is 0.115. The molecule has 0 saturated heterocycles. The zero-order chi connectivity index (χ0) is 12.4. The summed E-state index contributed by atoms with van der Waals surface area (Å²) in [5.41, 5.74) is 0.792. The summed E-state index contributed by atoms with van der Waals surface area (Å²) in [7, 11) is 0. The molecule has 1 aromatic rings. The van der Waals surface area contributed by atoms with E-state index in [1.54, 1.807) is 6.20 Å². The quantitative estimate of drug-likeness (QED) is 0.838. The van der Waals surface area contributed by atoms with Gasteiger partial charge >= 0.3 is 0 Å². The van der Waals surface area contributed by atoms with Gasteiger partial charge in [-0.3, -0.25) is 4.79 Å². The molecule has 2 N–H and O–H groups in total. The molecule has 2 aliphatic rings. The maximum absolute atomic E-state index is 11.7. The fourth-order valence-corrected chi connectivity index (χ4v) is 2.16. The normalized spacial score (nSPS) is 19.1. The lowest BCUT2D eigenvalue weighted by Gasteiger charge is -2.24. The van der Waals surface area contributed by atoms with Gasteiger partial charge in [-0.1, -0.05) is 6.42 Å². The molecule has 0 bridgehead atoms. The highest BCUT2D eigenvalue weighted by Crippen LogP contribution is 2.29. The number of nitrogens with zero attached hydrogens (tertiary/aromatic N) is 1. The van der Waals surface area contributed by atoms with Crippen molar-refractivity contribution in [3.8, 4) is 0 Å². The number of hydrogen-bond donors (Lipinski definition) is 2. The summed E-state index contributed by atoms with van der Waals surface area (Å²) in [5, 5.41) is 6.23. The topological polar surface area (TPSA) is 54.0 Å². The van der Waals surface area contributed by atoms with Gasteiger partial charge in [0.1, 0.15) is 5.82 Å². The van der Waals surface area contributed by atoms with E-state index in [1.807, 2.05) is 12.1 Å². The van der Waals surface area contributed by atoms with Crippen LogP contribution in [0.5, 0.6) is 0 Å². The van der Waals surface area contributed by atoms with E-state index in [-0.39, 0.29) is 5.91 Å². The van der Waals surface area contributed by atoms with Gasteiger partial charge in [0.25, 0.3) is 0 Å². The molecule has 0 radical (unpaired) electrons. The van der Waals surface area contributed by atoms with Crippen LogP contribution in [-0.4, -0.2) is 16.9 Å². The molecule has 2 saturated carbocycles. The van der Waals surface area contributed by atoms with Crippen LogP contribution in [0.2, 0.25) is 0 Å². The van der Waals surface area contributed by atoms with Gasteiger partial charge in [0.2, 0.25) is 5.91 Å². The van der Waals surface area contributed by atoms with E-state index >= 15 is 0 Å². The zero-order valence-corrected chi connectivity index (χ0v) is 10.5. The first kappa shape index (κ1) is 11.5. The Hall–Kier alpha value is -1.58. The Morgan fingerprint density at radius 2 is 2.11 bits per heavy atom. The van der Waals surface area contributed by atoms with E-state index in [0.717, 1.165) is 11.5 Å². The maximum Gasteiger partial charge on any atom is 0.224 e. The van der Waals surface area contributed by atoms with Gasteiger partial charge in [-0.05, 0) is 43.7 Å². The third-order valence-corrected chi connectivity index (χ3v) is 3.68. The average molecular weight is 245 g/mol. The first-order valence-electron chi connectivity index (χ1n) is 6.82. The first-order valence-corrected chi connectivity index (χ1v) is 6.82. The third-order valence-electron chi connectivity index (χ3n) is 3.68. The number of rotatable bonds is 5. The number of amides is 1. The van der Waals surface area contributed by atoms with Crippen LogP contribution in [0.4, 0.5) is 11.5 Å². The standard InChI is InChI=1S/C14H19N3O/c18-14(8-10-2-1-3-10)17-12-6-7-13(15-9-12)16-11-4-5-11/h6-7,9-11H,1-5,8H2,(H,15,16)(H,17,18). The Kier molecular flexibility index (Phi) is 3.17. The number of carbonyl (C=O) groups is 1. The first-order chi connectivity index (χ1) is 8.79. The predicted molar refractivity (Wildman–Crippen MR) is 71.5 cm³/mol. The molecule has 1 amide bonds. The van der Waals surface area contributed by atoms with Crippen LogP contribution in [0.15, 0.2) is 18.3 Å². The number of hydrogen-bond acceptors (Lipinski definition) is 3. The highest BCUT2D eigenvalue weighted by atomic mass is 16.1. The lowest BCUT2D eigenvalue weighted by atomic mass is 9.83. The third kappa shape index (κ3) is 3.00. The molecular weight excluding hydrogens is 226 g/mol. The molecule has 4 heteroatoms.